The van der Waals surface area contributed by atoms with E-state index in [1.54, 1.807) is 24.3 Å². The predicted octanol–water partition coefficient (Wildman–Crippen LogP) is 4.08. The van der Waals surface area contributed by atoms with Crippen molar-refractivity contribution in [1.29, 1.82) is 0 Å². The largest absolute Gasteiger partial charge is 0.456 e. The molecule has 0 spiro atoms. The third-order valence-corrected chi connectivity index (χ3v) is 12.5. The number of carbonyl (C=O) groups is 1. The van der Waals surface area contributed by atoms with Crippen LogP contribution in [-0.2, 0) is 13.9 Å². The van der Waals surface area contributed by atoms with Crippen LogP contribution in [0.4, 0.5) is 0 Å². The first kappa shape index (κ1) is 29.2. The molecule has 1 saturated heterocycles. The van der Waals surface area contributed by atoms with Gasteiger partial charge in [0.05, 0.1) is 24.4 Å². The van der Waals surface area contributed by atoms with E-state index in [0.717, 1.165) is 12.8 Å². The maximum atomic E-state index is 12.8. The van der Waals surface area contributed by atoms with E-state index >= 15 is 0 Å². The van der Waals surface area contributed by atoms with Gasteiger partial charge < -0.3 is 24.1 Å². The summed E-state index contributed by atoms with van der Waals surface area (Å²) in [5.41, 5.74) is 0.386. The Labute approximate surface area is 232 Å². The minimum atomic E-state index is -2.85. The molecule has 0 saturated carbocycles. The number of esters is 1. The first-order chi connectivity index (χ1) is 18.8. The third kappa shape index (κ3) is 6.68. The van der Waals surface area contributed by atoms with Gasteiger partial charge >= 0.3 is 5.97 Å². The molecule has 2 N–H and O–H groups in total. The summed E-state index contributed by atoms with van der Waals surface area (Å²) in [5.74, 6) is -0.548. The van der Waals surface area contributed by atoms with Gasteiger partial charge in [0.2, 0.25) is 0 Å². The van der Waals surface area contributed by atoms with E-state index in [9.17, 15) is 15.0 Å². The molecule has 3 aromatic carbocycles. The lowest BCUT2D eigenvalue weighted by molar-refractivity contribution is -0.107. The number of ether oxygens (including phenoxy) is 2. The molecule has 0 amide bonds. The summed E-state index contributed by atoms with van der Waals surface area (Å²) < 4.78 is 19.3. The second kappa shape index (κ2) is 13.0. The highest BCUT2D eigenvalue weighted by molar-refractivity contribution is 6.99. The Morgan fingerprint density at radius 2 is 1.49 bits per heavy atom. The maximum Gasteiger partial charge on any atom is 0.338 e. The number of rotatable bonds is 10. The van der Waals surface area contributed by atoms with Gasteiger partial charge in [0.1, 0.15) is 12.2 Å². The molecule has 1 aliphatic heterocycles. The van der Waals surface area contributed by atoms with Crippen molar-refractivity contribution in [2.24, 2.45) is 0 Å². The molecule has 1 fully saturated rings. The molecule has 39 heavy (non-hydrogen) atoms. The van der Waals surface area contributed by atoms with Crippen molar-refractivity contribution >= 4 is 24.7 Å². The van der Waals surface area contributed by atoms with E-state index in [2.05, 4.69) is 69.3 Å². The standard InChI is InChI=1S/C32H40O6Si/c1-32(2,3)39(25-16-9-5-10-17-25,26-18-11-6-12-19-26)38-28-20-13-21-36-30(28)22-29(27(34)23-33)37-31(35)24-14-7-4-8-15-24/h4-12,14-19,27-30,33-34H,13,20-23H2,1-3H3/t27-,28-,29+,30+/m1/s1. The monoisotopic (exact) mass is 548 g/mol. The van der Waals surface area contributed by atoms with Crippen LogP contribution in [0.5, 0.6) is 0 Å². The molecule has 3 aromatic rings. The summed E-state index contributed by atoms with van der Waals surface area (Å²) in [7, 11) is -2.85. The Morgan fingerprint density at radius 1 is 0.949 bits per heavy atom. The summed E-state index contributed by atoms with van der Waals surface area (Å²) >= 11 is 0. The van der Waals surface area contributed by atoms with Gasteiger partial charge in [-0.2, -0.15) is 0 Å². The first-order valence-corrected chi connectivity index (χ1v) is 15.6. The quantitative estimate of drug-likeness (QED) is 0.293. The number of hydrogen-bond donors (Lipinski definition) is 2. The molecule has 0 aliphatic carbocycles. The van der Waals surface area contributed by atoms with Crippen LogP contribution in [0.2, 0.25) is 5.04 Å². The number of benzene rings is 3. The Morgan fingerprint density at radius 3 is 2.00 bits per heavy atom. The van der Waals surface area contributed by atoms with E-state index in [0.29, 0.717) is 12.2 Å². The van der Waals surface area contributed by atoms with E-state index < -0.39 is 39.2 Å². The second-order valence-corrected chi connectivity index (χ2v) is 15.4. The minimum absolute atomic E-state index is 0.207. The lowest BCUT2D eigenvalue weighted by atomic mass is 9.98. The summed E-state index contributed by atoms with van der Waals surface area (Å²) in [6.45, 7) is 6.73. The van der Waals surface area contributed by atoms with Crippen molar-refractivity contribution in [1.82, 2.24) is 0 Å². The van der Waals surface area contributed by atoms with Crippen LogP contribution in [0.1, 0.15) is 50.4 Å². The van der Waals surface area contributed by atoms with Crippen LogP contribution in [0.3, 0.4) is 0 Å². The highest BCUT2D eigenvalue weighted by Gasteiger charge is 2.52. The molecule has 1 aliphatic rings. The average molecular weight is 549 g/mol. The molecule has 6 nitrogen and oxygen atoms in total. The number of hydrogen-bond acceptors (Lipinski definition) is 6. The molecule has 0 bridgehead atoms. The number of aliphatic hydroxyl groups excluding tert-OH is 2. The molecular weight excluding hydrogens is 508 g/mol. The van der Waals surface area contributed by atoms with Crippen molar-refractivity contribution in [3.05, 3.63) is 96.6 Å². The Hall–Kier alpha value is -2.81. The number of aliphatic hydroxyl groups is 2. The van der Waals surface area contributed by atoms with Gasteiger partial charge in [-0.1, -0.05) is 99.6 Å². The molecule has 0 unspecified atom stereocenters. The fraction of sp³-hybridized carbons (Fsp3) is 0.406. The summed E-state index contributed by atoms with van der Waals surface area (Å²) in [5, 5.41) is 22.5. The van der Waals surface area contributed by atoms with E-state index in [1.807, 2.05) is 18.2 Å². The lowest BCUT2D eigenvalue weighted by Crippen LogP contribution is -2.68. The SMILES string of the molecule is CC(C)(C)[Si](O[C@@H]1CCCO[C@H]1C[C@H](OC(=O)c1ccccc1)[C@H](O)CO)(c1ccccc1)c1ccccc1. The fourth-order valence-corrected chi connectivity index (χ4v) is 10.2. The van der Waals surface area contributed by atoms with Crippen LogP contribution in [0, 0.1) is 0 Å². The van der Waals surface area contributed by atoms with Crippen LogP contribution in [0.15, 0.2) is 91.0 Å². The van der Waals surface area contributed by atoms with Gasteiger partial charge in [-0.25, -0.2) is 4.79 Å². The van der Waals surface area contributed by atoms with Crippen molar-refractivity contribution in [2.45, 2.75) is 69.5 Å². The van der Waals surface area contributed by atoms with E-state index in [1.165, 1.54) is 10.4 Å². The molecule has 0 aromatic heterocycles. The van der Waals surface area contributed by atoms with Gasteiger partial charge in [-0.15, -0.1) is 0 Å². The van der Waals surface area contributed by atoms with Crippen molar-refractivity contribution in [3.8, 4) is 0 Å². The fourth-order valence-electron chi connectivity index (χ4n) is 5.50. The van der Waals surface area contributed by atoms with Crippen molar-refractivity contribution in [3.63, 3.8) is 0 Å². The molecule has 4 rings (SSSR count). The Balaban J connectivity index is 1.67. The first-order valence-electron chi connectivity index (χ1n) is 13.7. The second-order valence-electron chi connectivity index (χ2n) is 11.2. The predicted molar refractivity (Wildman–Crippen MR) is 155 cm³/mol. The van der Waals surface area contributed by atoms with Crippen LogP contribution >= 0.6 is 0 Å². The molecule has 0 radical (unpaired) electrons. The Bertz CT molecular complexity index is 1130. The number of carbonyl (C=O) groups excluding carboxylic acids is 1. The lowest BCUT2D eigenvalue weighted by Gasteiger charge is -2.47. The summed E-state index contributed by atoms with van der Waals surface area (Å²) in [6, 6.07) is 29.5. The van der Waals surface area contributed by atoms with Gasteiger partial charge in [0, 0.05) is 13.0 Å². The summed E-state index contributed by atoms with van der Waals surface area (Å²) in [4.78, 5) is 12.8. The van der Waals surface area contributed by atoms with Crippen LogP contribution in [-0.4, -0.2) is 62.1 Å². The highest BCUT2D eigenvalue weighted by atomic mass is 28.4. The smallest absolute Gasteiger partial charge is 0.338 e. The summed E-state index contributed by atoms with van der Waals surface area (Å²) in [6.07, 6.45) is -1.06. The van der Waals surface area contributed by atoms with Gasteiger partial charge in [-0.3, -0.25) is 0 Å². The Kier molecular flexibility index (Phi) is 9.75. The molecule has 7 heteroatoms. The van der Waals surface area contributed by atoms with Gasteiger partial charge in [0.15, 0.2) is 0 Å². The maximum absolute atomic E-state index is 12.8. The van der Waals surface area contributed by atoms with Crippen LogP contribution in [0.25, 0.3) is 0 Å². The zero-order valence-corrected chi connectivity index (χ0v) is 24.0. The average Bonchev–Trinajstić information content (AvgIpc) is 2.96. The van der Waals surface area contributed by atoms with E-state index in [4.69, 9.17) is 13.9 Å². The van der Waals surface area contributed by atoms with Crippen LogP contribution < -0.4 is 10.4 Å². The van der Waals surface area contributed by atoms with E-state index in [-0.39, 0.29) is 17.6 Å². The van der Waals surface area contributed by atoms with Gasteiger partial charge in [0.25, 0.3) is 8.32 Å². The van der Waals surface area contributed by atoms with Crippen molar-refractivity contribution < 1.29 is 28.9 Å². The van der Waals surface area contributed by atoms with Crippen molar-refractivity contribution in [2.75, 3.05) is 13.2 Å². The molecule has 4 atom stereocenters. The molecule has 1 heterocycles. The zero-order chi connectivity index (χ0) is 27.9. The molecule has 208 valence electrons. The van der Waals surface area contributed by atoms with Gasteiger partial charge in [-0.05, 0) is 40.4 Å². The topological polar surface area (TPSA) is 85.2 Å². The zero-order valence-electron chi connectivity index (χ0n) is 23.0. The third-order valence-electron chi connectivity index (χ3n) is 7.47. The highest BCUT2D eigenvalue weighted by Crippen LogP contribution is 2.39. The normalized spacial score (nSPS) is 19.7. The minimum Gasteiger partial charge on any atom is -0.456 e. The molecular formula is C32H40O6Si.